The summed E-state index contributed by atoms with van der Waals surface area (Å²) in [5, 5.41) is 19.6. The summed E-state index contributed by atoms with van der Waals surface area (Å²) in [6.45, 7) is 10.6. The van der Waals surface area contributed by atoms with Crippen molar-refractivity contribution in [1.82, 2.24) is 30.0 Å². The van der Waals surface area contributed by atoms with Crippen molar-refractivity contribution in [3.63, 3.8) is 0 Å². The highest BCUT2D eigenvalue weighted by Gasteiger charge is 2.75. The number of pyridine rings is 2. The van der Waals surface area contributed by atoms with Crippen LogP contribution < -0.4 is 20.7 Å². The van der Waals surface area contributed by atoms with Gasteiger partial charge in [0.25, 0.3) is 23.6 Å². The lowest BCUT2D eigenvalue weighted by Gasteiger charge is -2.34. The molecule has 0 spiro atoms. The number of ether oxygens (including phenoxy) is 3. The number of imide groups is 2. The highest BCUT2D eigenvalue weighted by Crippen LogP contribution is 2.55. The molecule has 3 aliphatic heterocycles. The van der Waals surface area contributed by atoms with Gasteiger partial charge in [-0.25, -0.2) is 4.98 Å². The van der Waals surface area contributed by atoms with E-state index in [4.69, 9.17) is 19.2 Å². The first-order valence-electron chi connectivity index (χ1n) is 23.4. The third kappa shape index (κ3) is 10.6. The summed E-state index contributed by atoms with van der Waals surface area (Å²) in [6, 6.07) is 27.9. The molecule has 0 radical (unpaired) electrons. The van der Waals surface area contributed by atoms with Crippen LogP contribution >= 0.6 is 0 Å². The molecule has 358 valence electrons. The largest absolute Gasteiger partial charge is 0.490 e. The van der Waals surface area contributed by atoms with Crippen molar-refractivity contribution in [2.45, 2.75) is 50.8 Å². The average Bonchev–Trinajstić information content (AvgIpc) is 3.98. The Morgan fingerprint density at radius 2 is 1.61 bits per heavy atom. The molecule has 5 aromatic rings. The normalized spacial score (nSPS) is 19.8. The predicted molar refractivity (Wildman–Crippen MR) is 256 cm³/mol. The van der Waals surface area contributed by atoms with Crippen LogP contribution in [0.4, 0.5) is 17.2 Å². The van der Waals surface area contributed by atoms with Crippen LogP contribution in [0.2, 0.25) is 0 Å². The molecule has 5 amide bonds. The molecule has 4 aliphatic rings. The Morgan fingerprint density at radius 1 is 0.855 bits per heavy atom. The zero-order valence-corrected chi connectivity index (χ0v) is 38.7. The van der Waals surface area contributed by atoms with Crippen molar-refractivity contribution in [3.8, 4) is 17.0 Å². The number of aryl methyl sites for hydroxylation is 1. The first-order chi connectivity index (χ1) is 33.4. The zero-order valence-electron chi connectivity index (χ0n) is 38.7. The van der Waals surface area contributed by atoms with Gasteiger partial charge in [-0.05, 0) is 111 Å². The van der Waals surface area contributed by atoms with Crippen LogP contribution in [-0.2, 0) is 25.6 Å². The van der Waals surface area contributed by atoms with E-state index in [0.717, 1.165) is 72.2 Å². The SMILES string of the molecule is Cc1cc(NC(=O)c2ccc(CN3CCN(CCOCCC(C)(O)CCOCCOc4cccc5c4C(=O)N(C46CC4C(=O)NC6=O)C5=O)CC3)cc2)ccc1Nc1cccc(-c2cccnc2)n1. The second kappa shape index (κ2) is 20.4. The van der Waals surface area contributed by atoms with E-state index in [-0.39, 0.29) is 49.0 Å². The zero-order chi connectivity index (χ0) is 48.1. The molecule has 5 heterocycles. The van der Waals surface area contributed by atoms with E-state index in [0.29, 0.717) is 43.1 Å². The van der Waals surface area contributed by atoms with Crippen LogP contribution in [0.25, 0.3) is 11.3 Å². The minimum atomic E-state index is -1.45. The van der Waals surface area contributed by atoms with Gasteiger partial charge in [0.2, 0.25) is 5.91 Å². The number of nitrogens with zero attached hydrogens (tertiary/aromatic N) is 5. The van der Waals surface area contributed by atoms with Gasteiger partial charge in [0.1, 0.15) is 23.7 Å². The molecule has 9 rings (SSSR count). The molecule has 2 aromatic heterocycles. The van der Waals surface area contributed by atoms with Gasteiger partial charge in [-0.1, -0.05) is 24.3 Å². The fourth-order valence-electron chi connectivity index (χ4n) is 9.12. The smallest absolute Gasteiger partial charge is 0.266 e. The molecule has 1 saturated carbocycles. The number of carbonyl (C=O) groups excluding carboxylic acids is 5. The minimum absolute atomic E-state index is 0.0745. The van der Waals surface area contributed by atoms with E-state index in [1.165, 1.54) is 6.07 Å². The molecule has 4 N–H and O–H groups in total. The summed E-state index contributed by atoms with van der Waals surface area (Å²) in [4.78, 5) is 79.0. The van der Waals surface area contributed by atoms with E-state index in [1.807, 2.05) is 79.7 Å². The van der Waals surface area contributed by atoms with Crippen molar-refractivity contribution in [2.75, 3.05) is 76.4 Å². The number of aromatic nitrogens is 2. The number of hydrogen-bond donors (Lipinski definition) is 4. The summed E-state index contributed by atoms with van der Waals surface area (Å²) in [5.41, 5.74) is 3.85. The number of fused-ring (bicyclic) bond motifs is 2. The summed E-state index contributed by atoms with van der Waals surface area (Å²) < 4.78 is 17.5. The second-order valence-electron chi connectivity index (χ2n) is 18.3. The van der Waals surface area contributed by atoms with E-state index >= 15 is 0 Å². The Morgan fingerprint density at radius 3 is 2.32 bits per heavy atom. The van der Waals surface area contributed by atoms with Gasteiger partial charge in [-0.2, -0.15) is 0 Å². The molecule has 0 bridgehead atoms. The molecular formula is C52H56N8O9. The number of hydrogen-bond acceptors (Lipinski definition) is 14. The lowest BCUT2D eigenvalue weighted by atomic mass is 9.99. The predicted octanol–water partition coefficient (Wildman–Crippen LogP) is 5.22. The number of benzene rings is 3. The Bertz CT molecular complexity index is 2730. The number of carbonyl (C=O) groups is 5. The molecule has 69 heavy (non-hydrogen) atoms. The highest BCUT2D eigenvalue weighted by molar-refractivity contribution is 6.28. The molecule has 3 unspecified atom stereocenters. The molecule has 17 heteroatoms. The third-order valence-corrected chi connectivity index (χ3v) is 13.3. The van der Waals surface area contributed by atoms with Crippen LogP contribution in [0.1, 0.15) is 68.4 Å². The van der Waals surface area contributed by atoms with Gasteiger partial charge in [0.05, 0.1) is 41.6 Å². The molecule has 3 fully saturated rings. The summed E-state index contributed by atoms with van der Waals surface area (Å²) in [5.74, 6) is -2.32. The first kappa shape index (κ1) is 47.2. The fourth-order valence-corrected chi connectivity index (χ4v) is 9.12. The molecule has 17 nitrogen and oxygen atoms in total. The van der Waals surface area contributed by atoms with Crippen molar-refractivity contribution >= 4 is 46.7 Å². The minimum Gasteiger partial charge on any atom is -0.490 e. The van der Waals surface area contributed by atoms with Crippen LogP contribution in [0.3, 0.4) is 0 Å². The van der Waals surface area contributed by atoms with Gasteiger partial charge in [0, 0.05) is 87.4 Å². The monoisotopic (exact) mass is 936 g/mol. The highest BCUT2D eigenvalue weighted by atomic mass is 16.5. The lowest BCUT2D eigenvalue weighted by Crippen LogP contribution is -2.49. The van der Waals surface area contributed by atoms with Crippen LogP contribution in [0, 0.1) is 12.8 Å². The topological polar surface area (TPSA) is 205 Å². The maximum absolute atomic E-state index is 13.4. The van der Waals surface area contributed by atoms with Gasteiger partial charge in [-0.15, -0.1) is 0 Å². The van der Waals surface area contributed by atoms with E-state index in [9.17, 15) is 29.1 Å². The number of amides is 5. The number of rotatable bonds is 21. The van der Waals surface area contributed by atoms with E-state index < -0.39 is 40.7 Å². The van der Waals surface area contributed by atoms with Crippen molar-refractivity contribution in [1.29, 1.82) is 0 Å². The first-order valence-corrected chi connectivity index (χ1v) is 23.4. The van der Waals surface area contributed by atoms with Crippen LogP contribution in [-0.4, -0.2) is 136 Å². The molecule has 3 aromatic carbocycles. The maximum atomic E-state index is 13.4. The summed E-state index contributed by atoms with van der Waals surface area (Å²) in [6.07, 6.45) is 4.49. The van der Waals surface area contributed by atoms with E-state index in [1.54, 1.807) is 31.5 Å². The van der Waals surface area contributed by atoms with Gasteiger partial charge in [0.15, 0.2) is 0 Å². The van der Waals surface area contributed by atoms with Crippen molar-refractivity contribution < 1.29 is 43.3 Å². The molecular weight excluding hydrogens is 881 g/mol. The molecule has 1 aliphatic carbocycles. The lowest BCUT2D eigenvalue weighted by molar-refractivity contribution is -0.128. The molecule has 3 atom stereocenters. The maximum Gasteiger partial charge on any atom is 0.266 e. The number of aliphatic hydroxyl groups is 1. The fraction of sp³-hybridized carbons (Fsp3) is 0.365. The Labute approximate surface area is 400 Å². The number of nitrogens with one attached hydrogen (secondary N) is 3. The van der Waals surface area contributed by atoms with Gasteiger partial charge < -0.3 is 30.0 Å². The van der Waals surface area contributed by atoms with Crippen molar-refractivity contribution in [2.24, 2.45) is 5.92 Å². The number of anilines is 3. The van der Waals surface area contributed by atoms with Crippen molar-refractivity contribution in [3.05, 3.63) is 131 Å². The van der Waals surface area contributed by atoms with Gasteiger partial charge in [-0.3, -0.25) is 49.0 Å². The number of piperazine rings is 1. The third-order valence-electron chi connectivity index (χ3n) is 13.3. The number of piperidine rings is 1. The average molecular weight is 937 g/mol. The van der Waals surface area contributed by atoms with Crippen LogP contribution in [0.5, 0.6) is 5.75 Å². The Hall–Kier alpha value is -6.89. The summed E-state index contributed by atoms with van der Waals surface area (Å²) in [7, 11) is 0. The van der Waals surface area contributed by atoms with E-state index in [2.05, 4.69) is 30.7 Å². The summed E-state index contributed by atoms with van der Waals surface area (Å²) >= 11 is 0. The molecule has 2 saturated heterocycles. The van der Waals surface area contributed by atoms with Gasteiger partial charge >= 0.3 is 0 Å². The Kier molecular flexibility index (Phi) is 13.9. The second-order valence-corrected chi connectivity index (χ2v) is 18.3. The quantitative estimate of drug-likeness (QED) is 0.0551. The Balaban J connectivity index is 0.623. The standard InChI is InChI=1S/C52H56N8O9/c1-34-30-38(15-16-41(34)55-44-10-4-8-42(56-44)37-6-5-19-53-32-37)54-46(61)36-13-11-35(12-14-36)33-59-22-20-58(21-23-59)24-27-67-25-17-51(2,66)18-26-68-28-29-69-43-9-3-7-39-45(43)49(64)60(48(39)63)52-31-40(52)47(62)57-50(52)65/h3-16,19,30,32,40,66H,17-18,20-29,31,33H2,1-2H3,(H,54,61)(H,55,56)(H,57,62,65). The van der Waals surface area contributed by atoms with Crippen LogP contribution in [0.15, 0.2) is 103 Å².